The Hall–Kier alpha value is -8.55. The minimum atomic E-state index is -0.289. The van der Waals surface area contributed by atoms with Gasteiger partial charge in [0.05, 0.1) is 23.4 Å². The predicted octanol–water partition coefficient (Wildman–Crippen LogP) is 20.4. The number of benzene rings is 5. The average molecular weight is 1640 g/mol. The number of thiol groups is 1. The molecule has 19 nitrogen and oxygen atoms in total. The number of aromatic nitrogens is 6. The molecule has 8 atom stereocenters. The van der Waals surface area contributed by atoms with E-state index >= 15 is 0 Å². The number of carbonyl (C=O) groups excluding carboxylic acids is 8. The van der Waals surface area contributed by atoms with Crippen LogP contribution >= 0.6 is 12.6 Å². The van der Waals surface area contributed by atoms with Crippen molar-refractivity contribution < 1.29 is 58.0 Å². The van der Waals surface area contributed by atoms with E-state index in [2.05, 4.69) is 274 Å². The van der Waals surface area contributed by atoms with E-state index in [9.17, 15) is 10.2 Å². The highest BCUT2D eigenvalue weighted by Crippen LogP contribution is 2.46. The number of unbranched alkanes of at least 4 members (excludes halogenated alkanes) is 1. The Morgan fingerprint density at radius 1 is 0.525 bits per heavy atom. The first-order chi connectivity index (χ1) is 55.9. The van der Waals surface area contributed by atoms with Gasteiger partial charge < -0.3 is 25.0 Å². The molecular formula is C98H141N7O12S. The Kier molecular flexibility index (Phi) is 46.1. The summed E-state index contributed by atoms with van der Waals surface area (Å²) in [6.07, 6.45) is 29.6. The van der Waals surface area contributed by atoms with Gasteiger partial charge in [0, 0.05) is 63.8 Å². The molecule has 0 saturated carbocycles. The second-order valence-electron chi connectivity index (χ2n) is 36.6. The average Bonchev–Trinajstić information content (AvgIpc) is 1.58. The maximum absolute atomic E-state index is 10.2. The molecule has 3 N–H and O–H groups in total. The Morgan fingerprint density at radius 2 is 0.881 bits per heavy atom. The summed E-state index contributed by atoms with van der Waals surface area (Å²) < 4.78 is 15.3. The number of aliphatic hydroxyl groups is 2. The number of terminal acetylenes is 1. The van der Waals surface area contributed by atoms with Gasteiger partial charge in [0.2, 0.25) is 0 Å². The first kappa shape index (κ1) is 104. The zero-order valence-electron chi connectivity index (χ0n) is 74.9. The van der Waals surface area contributed by atoms with Gasteiger partial charge in [0.25, 0.3) is 0 Å². The Labute approximate surface area is 712 Å². The fourth-order valence-corrected chi connectivity index (χ4v) is 16.8. The van der Waals surface area contributed by atoms with E-state index in [4.69, 9.17) is 54.3 Å². The van der Waals surface area contributed by atoms with E-state index in [0.717, 1.165) is 138 Å². The first-order valence-corrected chi connectivity index (χ1v) is 43.2. The van der Waals surface area contributed by atoms with Crippen LogP contribution in [0.3, 0.4) is 0 Å². The molecule has 0 radical (unpaired) electrons. The second-order valence-corrected chi connectivity index (χ2v) is 36.9. The van der Waals surface area contributed by atoms with Crippen LogP contribution in [-0.4, -0.2) is 96.1 Å². The van der Waals surface area contributed by atoms with Gasteiger partial charge in [-0.3, -0.25) is 9.36 Å². The number of rotatable bonds is 21. The minimum Gasteiger partial charge on any atom is -0.486 e. The topological polar surface area (TPSA) is 269 Å². The molecule has 5 aliphatic rings. The number of hydrogen-bond acceptors (Lipinski definition) is 18. The molecule has 0 amide bonds. The molecule has 4 aliphatic carbocycles. The highest BCUT2D eigenvalue weighted by atomic mass is 32.1. The molecular weight excluding hydrogens is 1500 g/mol. The zero-order chi connectivity index (χ0) is 88.4. The number of nitrogens with zero attached hydrogens (tertiary/aromatic N) is 6. The number of ether oxygens (including phenoxy) is 2. The van der Waals surface area contributed by atoms with Crippen LogP contribution in [0, 0.1) is 34.0 Å². The van der Waals surface area contributed by atoms with Gasteiger partial charge in [-0.15, -0.1) is 22.5 Å². The molecule has 118 heavy (non-hydrogen) atoms. The Morgan fingerprint density at radius 3 is 1.23 bits per heavy atom. The predicted molar refractivity (Wildman–Crippen MR) is 468 cm³/mol. The van der Waals surface area contributed by atoms with Gasteiger partial charge in [-0.2, -0.15) is 51.0 Å². The largest absolute Gasteiger partial charge is 0.486 e. The SMILES string of the molecule is C#CCCC.CC1(C)CNCc2ccccc2O1.CC1CCc2ccc(C(CCO)C(C)(C)C)cc21.CC1CCc2ccc(C(CCOCS)C(C)(C)C)cc21.CCCc1cn(CCC(c2ccc3c(c2)C(C)CC3)C(C)(C)C)nn1.CCCc1cn(CCC(c2ccc3c(c2)C(O)CC3)C(C)(C)C)nn1.O=C=O.O=C=O.O=C=O.O=C=O. The second kappa shape index (κ2) is 52.5. The summed E-state index contributed by atoms with van der Waals surface area (Å²) in [6, 6.07) is 36.3. The number of nitrogens with one attached hydrogen (secondary N) is 1. The number of fused-ring (bicyclic) bond motifs is 5. The van der Waals surface area contributed by atoms with Crippen LogP contribution < -0.4 is 10.1 Å². The molecule has 646 valence electrons. The highest BCUT2D eigenvalue weighted by Gasteiger charge is 2.34. The standard InChI is InChI=1S/C22H33N3.C21H31N3O.C18H28OS.C17H26O.C11H15NO.C5H8.4CO2/c1-6-7-19-15-25(24-23-19)13-12-21(22(3,4)5)18-11-10-17-9-8-16(2)20(17)14-18;1-5-6-17-14-24(23-22-17)12-11-19(21(2,3)4)16-8-7-15-9-10-20(25)18(15)13-16;1-13-5-6-14-7-8-15(11-16(13)14)17(18(2,3)4)9-10-19-12-20;1-12-5-6-13-7-8-14(11-15(12)13)16(9-10-18)17(2,3)4;1-11(2)8-12-7-9-5-3-4-6-10(9)13-11;1-3-5-4-2;4*2-1-3/h10-11,14-16,21H,6-9,12-13H2,1-5H3;7-8,13-14,19-20,25H,5-6,9-12H2,1-4H3;7-8,11,13,17,20H,5-6,9-10,12H2,1-4H3;7-8,11-12,16,18H,5-6,9-10H2,1-4H3;3-6,12H,7-8H2,1-2H3;1H,4-5H2,2H3;;;;. The Balaban J connectivity index is 0.000000367. The molecule has 0 fully saturated rings. The molecule has 7 aromatic rings. The van der Waals surface area contributed by atoms with Gasteiger partial charge in [-0.05, 0) is 246 Å². The van der Waals surface area contributed by atoms with Crippen LogP contribution in [0.25, 0.3) is 0 Å². The molecule has 2 aromatic heterocycles. The van der Waals surface area contributed by atoms with Crippen molar-refractivity contribution in [2.45, 2.75) is 327 Å². The summed E-state index contributed by atoms with van der Waals surface area (Å²) in [5.74, 6) is 8.12. The summed E-state index contributed by atoms with van der Waals surface area (Å²) in [4.78, 5) is 65.0. The van der Waals surface area contributed by atoms with Crippen LogP contribution in [0.15, 0.2) is 109 Å². The van der Waals surface area contributed by atoms with Crippen LogP contribution in [-0.2, 0) is 101 Å². The van der Waals surface area contributed by atoms with Gasteiger partial charge in [0.1, 0.15) is 11.4 Å². The lowest BCUT2D eigenvalue weighted by atomic mass is 9.74. The maximum Gasteiger partial charge on any atom is 0.373 e. The molecule has 3 heterocycles. The van der Waals surface area contributed by atoms with Gasteiger partial charge in [-0.1, -0.05) is 239 Å². The van der Waals surface area contributed by atoms with Crippen LogP contribution in [0.1, 0.15) is 347 Å². The third-order valence-corrected chi connectivity index (χ3v) is 23.0. The van der Waals surface area contributed by atoms with Crippen molar-refractivity contribution in [3.63, 3.8) is 0 Å². The van der Waals surface area contributed by atoms with Crippen LogP contribution in [0.2, 0.25) is 0 Å². The van der Waals surface area contributed by atoms with E-state index in [1.807, 2.05) is 27.6 Å². The fraction of sp³-hybridized carbons (Fsp3) is 0.592. The normalized spacial score (nSPS) is 17.1. The first-order valence-electron chi connectivity index (χ1n) is 42.5. The summed E-state index contributed by atoms with van der Waals surface area (Å²) >= 11 is 4.13. The van der Waals surface area contributed by atoms with E-state index in [0.29, 0.717) is 41.4 Å². The van der Waals surface area contributed by atoms with Crippen LogP contribution in [0.5, 0.6) is 5.75 Å². The van der Waals surface area contributed by atoms with Crippen molar-refractivity contribution >= 4 is 37.2 Å². The molecule has 0 saturated heterocycles. The van der Waals surface area contributed by atoms with Crippen molar-refractivity contribution in [3.05, 3.63) is 193 Å². The molecule has 5 aromatic carbocycles. The van der Waals surface area contributed by atoms with Crippen molar-refractivity contribution in [3.8, 4) is 18.1 Å². The van der Waals surface area contributed by atoms with E-state index in [1.165, 1.54) is 77.5 Å². The Bertz CT molecular complexity index is 4100. The van der Waals surface area contributed by atoms with Gasteiger partial charge in [0.15, 0.2) is 0 Å². The summed E-state index contributed by atoms with van der Waals surface area (Å²) in [7, 11) is 0. The van der Waals surface area contributed by atoms with E-state index in [1.54, 1.807) is 27.8 Å². The quantitative estimate of drug-likeness (QED) is 0.0225. The molecule has 8 unspecified atom stereocenters. The summed E-state index contributed by atoms with van der Waals surface area (Å²) in [5, 5.41) is 40.0. The molecule has 12 rings (SSSR count). The van der Waals surface area contributed by atoms with E-state index in [-0.39, 0.29) is 64.6 Å². The van der Waals surface area contributed by atoms with E-state index < -0.39 is 0 Å². The lowest BCUT2D eigenvalue weighted by Crippen LogP contribution is -2.37. The summed E-state index contributed by atoms with van der Waals surface area (Å²) in [6.45, 7) is 50.1. The van der Waals surface area contributed by atoms with Crippen LogP contribution in [0.4, 0.5) is 0 Å². The van der Waals surface area contributed by atoms with Crippen molar-refractivity contribution in [2.75, 3.05) is 25.7 Å². The lowest BCUT2D eigenvalue weighted by molar-refractivity contribution is -0.193. The van der Waals surface area contributed by atoms with Crippen molar-refractivity contribution in [1.29, 1.82) is 0 Å². The minimum absolute atomic E-state index is 0.105. The van der Waals surface area contributed by atoms with Crippen molar-refractivity contribution in [1.82, 2.24) is 35.3 Å². The smallest absolute Gasteiger partial charge is 0.373 e. The highest BCUT2D eigenvalue weighted by molar-refractivity contribution is 7.80. The molecule has 0 bridgehead atoms. The number of aliphatic hydroxyl groups excluding tert-OH is 2. The lowest BCUT2D eigenvalue weighted by Gasteiger charge is -2.32. The fourth-order valence-electron chi connectivity index (χ4n) is 16.6. The molecule has 0 spiro atoms. The third kappa shape index (κ3) is 35.0. The number of aryl methyl sites for hydroxylation is 8. The summed E-state index contributed by atoms with van der Waals surface area (Å²) in [5.41, 5.74) is 21.7. The zero-order valence-corrected chi connectivity index (χ0v) is 75.8. The number of para-hydroxylation sites is 1. The molecule has 20 heteroatoms. The maximum atomic E-state index is 10.2. The van der Waals surface area contributed by atoms with Gasteiger partial charge in [-0.25, -0.2) is 0 Å². The number of hydrogen-bond donors (Lipinski definition) is 4. The van der Waals surface area contributed by atoms with Gasteiger partial charge >= 0.3 is 24.6 Å². The monoisotopic (exact) mass is 1640 g/mol. The van der Waals surface area contributed by atoms with Crippen molar-refractivity contribution in [2.24, 2.45) is 21.7 Å². The molecule has 1 aliphatic heterocycles. The third-order valence-electron chi connectivity index (χ3n) is 22.8.